The van der Waals surface area contributed by atoms with Gasteiger partial charge in [0, 0.05) is 5.69 Å². The standard InChI is InChI=1S/C29H33N3O5/c1-19(2)27(28(33)31-23-11-13-24(35-4)14-12-23)29(34)32-30-17-22-10-15-25(26(16-22)36-5)37-18-21-8-6-20(3)7-9-21/h6-17,19,27H,18H2,1-5H3,(H,31,33)(H,32,34). The summed E-state index contributed by atoms with van der Waals surface area (Å²) in [4.78, 5) is 25.6. The highest BCUT2D eigenvalue weighted by Gasteiger charge is 2.30. The lowest BCUT2D eigenvalue weighted by atomic mass is 9.94. The van der Waals surface area contributed by atoms with E-state index in [9.17, 15) is 9.59 Å². The van der Waals surface area contributed by atoms with Crippen LogP contribution in [0.25, 0.3) is 0 Å². The fourth-order valence-electron chi connectivity index (χ4n) is 3.59. The first kappa shape index (κ1) is 27.3. The molecule has 0 spiro atoms. The lowest BCUT2D eigenvalue weighted by Crippen LogP contribution is -2.39. The van der Waals surface area contributed by atoms with Crippen molar-refractivity contribution in [3.8, 4) is 17.2 Å². The van der Waals surface area contributed by atoms with E-state index in [0.29, 0.717) is 35.1 Å². The summed E-state index contributed by atoms with van der Waals surface area (Å²) in [5.41, 5.74) is 5.99. The van der Waals surface area contributed by atoms with E-state index in [1.165, 1.54) is 11.8 Å². The summed E-state index contributed by atoms with van der Waals surface area (Å²) < 4.78 is 16.5. The SMILES string of the molecule is COc1ccc(NC(=O)C(C(=O)NN=Cc2ccc(OCc3ccc(C)cc3)c(OC)c2)C(C)C)cc1. The number of benzene rings is 3. The Morgan fingerprint density at radius 1 is 0.892 bits per heavy atom. The van der Waals surface area contributed by atoms with Crippen LogP contribution in [0.2, 0.25) is 0 Å². The van der Waals surface area contributed by atoms with Gasteiger partial charge in [0.05, 0.1) is 20.4 Å². The number of nitrogens with zero attached hydrogens (tertiary/aromatic N) is 1. The van der Waals surface area contributed by atoms with Crippen molar-refractivity contribution >= 4 is 23.7 Å². The van der Waals surface area contributed by atoms with Crippen LogP contribution in [0.1, 0.15) is 30.5 Å². The van der Waals surface area contributed by atoms with E-state index in [4.69, 9.17) is 14.2 Å². The summed E-state index contributed by atoms with van der Waals surface area (Å²) in [6.07, 6.45) is 1.49. The Bertz CT molecular complexity index is 1220. The Labute approximate surface area is 217 Å². The van der Waals surface area contributed by atoms with Crippen LogP contribution in [0.5, 0.6) is 17.2 Å². The second kappa shape index (κ2) is 13.1. The molecular weight excluding hydrogens is 470 g/mol. The van der Waals surface area contributed by atoms with E-state index in [1.54, 1.807) is 56.7 Å². The summed E-state index contributed by atoms with van der Waals surface area (Å²) in [7, 11) is 3.13. The average Bonchev–Trinajstić information content (AvgIpc) is 2.89. The smallest absolute Gasteiger partial charge is 0.252 e. The van der Waals surface area contributed by atoms with Crippen molar-refractivity contribution in [1.82, 2.24) is 5.43 Å². The Balaban J connectivity index is 1.60. The van der Waals surface area contributed by atoms with Gasteiger partial charge in [-0.15, -0.1) is 0 Å². The van der Waals surface area contributed by atoms with Crippen LogP contribution in [0.4, 0.5) is 5.69 Å². The molecule has 0 bridgehead atoms. The van der Waals surface area contributed by atoms with Crippen LogP contribution in [0.15, 0.2) is 71.8 Å². The van der Waals surface area contributed by atoms with Crippen molar-refractivity contribution in [2.75, 3.05) is 19.5 Å². The lowest BCUT2D eigenvalue weighted by Gasteiger charge is -2.18. The highest BCUT2D eigenvalue weighted by atomic mass is 16.5. The minimum atomic E-state index is -0.925. The Morgan fingerprint density at radius 3 is 2.22 bits per heavy atom. The third kappa shape index (κ3) is 7.83. The van der Waals surface area contributed by atoms with Crippen molar-refractivity contribution in [3.05, 3.63) is 83.4 Å². The predicted molar refractivity (Wildman–Crippen MR) is 144 cm³/mol. The molecule has 3 aromatic rings. The fourth-order valence-corrected chi connectivity index (χ4v) is 3.59. The van der Waals surface area contributed by atoms with Gasteiger partial charge in [0.2, 0.25) is 5.91 Å². The Morgan fingerprint density at radius 2 is 1.59 bits per heavy atom. The van der Waals surface area contributed by atoms with Crippen LogP contribution in [-0.2, 0) is 16.2 Å². The van der Waals surface area contributed by atoms with Crippen molar-refractivity contribution < 1.29 is 23.8 Å². The van der Waals surface area contributed by atoms with E-state index in [0.717, 1.165) is 5.56 Å². The van der Waals surface area contributed by atoms with Gasteiger partial charge in [-0.2, -0.15) is 5.10 Å². The predicted octanol–water partition coefficient (Wildman–Crippen LogP) is 4.95. The molecule has 3 aromatic carbocycles. The van der Waals surface area contributed by atoms with E-state index in [2.05, 4.69) is 15.8 Å². The number of ether oxygens (including phenoxy) is 3. The van der Waals surface area contributed by atoms with Crippen LogP contribution in [0, 0.1) is 18.8 Å². The highest BCUT2D eigenvalue weighted by Crippen LogP contribution is 2.28. The zero-order valence-electron chi connectivity index (χ0n) is 21.8. The normalized spacial score (nSPS) is 11.7. The van der Waals surface area contributed by atoms with E-state index in [1.807, 2.05) is 45.0 Å². The molecule has 0 aliphatic rings. The summed E-state index contributed by atoms with van der Waals surface area (Å²) in [6, 6.07) is 20.4. The van der Waals surface area contributed by atoms with Crippen molar-refractivity contribution in [2.45, 2.75) is 27.4 Å². The molecule has 0 saturated heterocycles. The van der Waals surface area contributed by atoms with Crippen molar-refractivity contribution in [3.63, 3.8) is 0 Å². The van der Waals surface area contributed by atoms with Gasteiger partial charge >= 0.3 is 0 Å². The van der Waals surface area contributed by atoms with Crippen molar-refractivity contribution in [2.24, 2.45) is 16.9 Å². The maximum absolute atomic E-state index is 12.8. The van der Waals surface area contributed by atoms with Gasteiger partial charge in [-0.05, 0) is 66.4 Å². The van der Waals surface area contributed by atoms with Gasteiger partial charge in [0.1, 0.15) is 18.3 Å². The highest BCUT2D eigenvalue weighted by molar-refractivity contribution is 6.06. The molecule has 37 heavy (non-hydrogen) atoms. The molecular formula is C29H33N3O5. The summed E-state index contributed by atoms with van der Waals surface area (Å²) in [5, 5.41) is 6.82. The molecule has 0 aliphatic carbocycles. The number of carbonyl (C=O) groups excluding carboxylic acids is 2. The third-order valence-electron chi connectivity index (χ3n) is 5.68. The van der Waals surface area contributed by atoms with Gasteiger partial charge in [-0.3, -0.25) is 9.59 Å². The van der Waals surface area contributed by atoms with Gasteiger partial charge in [0.25, 0.3) is 5.91 Å². The molecule has 2 N–H and O–H groups in total. The van der Waals surface area contributed by atoms with Crippen LogP contribution >= 0.6 is 0 Å². The van der Waals surface area contributed by atoms with Crippen molar-refractivity contribution in [1.29, 1.82) is 0 Å². The quantitative estimate of drug-likeness (QED) is 0.219. The van der Waals surface area contributed by atoms with Gasteiger partial charge < -0.3 is 19.5 Å². The summed E-state index contributed by atoms with van der Waals surface area (Å²) >= 11 is 0. The van der Waals surface area contributed by atoms with Gasteiger partial charge in [0.15, 0.2) is 11.5 Å². The molecule has 0 aliphatic heterocycles. The number of nitrogens with one attached hydrogen (secondary N) is 2. The van der Waals surface area contributed by atoms with Gasteiger partial charge in [-0.25, -0.2) is 5.43 Å². The number of aryl methyl sites for hydroxylation is 1. The largest absolute Gasteiger partial charge is 0.497 e. The maximum atomic E-state index is 12.8. The second-order valence-corrected chi connectivity index (χ2v) is 8.86. The third-order valence-corrected chi connectivity index (χ3v) is 5.68. The molecule has 0 fully saturated rings. The van der Waals surface area contributed by atoms with Gasteiger partial charge in [-0.1, -0.05) is 43.7 Å². The number of hydrazone groups is 1. The molecule has 0 saturated carbocycles. The molecule has 1 unspecified atom stereocenters. The molecule has 2 amide bonds. The zero-order chi connectivity index (χ0) is 26.8. The molecule has 1 atom stereocenters. The van der Waals surface area contributed by atoms with Crippen LogP contribution in [0.3, 0.4) is 0 Å². The monoisotopic (exact) mass is 503 g/mol. The molecule has 0 aromatic heterocycles. The number of methoxy groups -OCH3 is 2. The molecule has 0 radical (unpaired) electrons. The number of amides is 2. The average molecular weight is 504 g/mol. The maximum Gasteiger partial charge on any atom is 0.252 e. The summed E-state index contributed by atoms with van der Waals surface area (Å²) in [5.74, 6) is -0.259. The van der Waals surface area contributed by atoms with E-state index < -0.39 is 17.7 Å². The Hall–Kier alpha value is -4.33. The minimum absolute atomic E-state index is 0.237. The topological polar surface area (TPSA) is 98.2 Å². The number of rotatable bonds is 11. The molecule has 8 heteroatoms. The fraction of sp³-hybridized carbons (Fsp3) is 0.276. The second-order valence-electron chi connectivity index (χ2n) is 8.86. The first-order chi connectivity index (χ1) is 17.8. The number of hydrogen-bond acceptors (Lipinski definition) is 6. The minimum Gasteiger partial charge on any atom is -0.497 e. The molecule has 8 nitrogen and oxygen atoms in total. The molecule has 3 rings (SSSR count). The van der Waals surface area contributed by atoms with E-state index in [-0.39, 0.29) is 5.92 Å². The lowest BCUT2D eigenvalue weighted by molar-refractivity contribution is -0.134. The first-order valence-corrected chi connectivity index (χ1v) is 11.9. The zero-order valence-corrected chi connectivity index (χ0v) is 21.8. The molecule has 0 heterocycles. The number of hydrogen-bond donors (Lipinski definition) is 2. The van der Waals surface area contributed by atoms with Crippen LogP contribution < -0.4 is 25.0 Å². The molecule has 194 valence electrons. The Kier molecular flexibility index (Phi) is 9.66. The number of anilines is 1. The number of carbonyl (C=O) groups is 2. The summed E-state index contributed by atoms with van der Waals surface area (Å²) in [6.45, 7) is 6.06. The van der Waals surface area contributed by atoms with E-state index >= 15 is 0 Å². The van der Waals surface area contributed by atoms with Crippen LogP contribution in [-0.4, -0.2) is 32.2 Å². The first-order valence-electron chi connectivity index (χ1n) is 11.9.